The summed E-state index contributed by atoms with van der Waals surface area (Å²) >= 11 is 4.31. The molecule has 0 radical (unpaired) electrons. The van der Waals surface area contributed by atoms with Crippen LogP contribution < -0.4 is 4.74 Å². The van der Waals surface area contributed by atoms with Crippen LogP contribution in [0.5, 0.6) is 5.75 Å². The van der Waals surface area contributed by atoms with E-state index in [9.17, 15) is 17.6 Å². The first-order chi connectivity index (χ1) is 9.36. The molecule has 0 N–H and O–H groups in total. The number of thiol groups is 1. The quantitative estimate of drug-likeness (QED) is 0.626. The molecule has 1 aliphatic carbocycles. The molecule has 0 aliphatic heterocycles. The molecule has 0 spiro atoms. The molecule has 0 saturated heterocycles. The topological polar surface area (TPSA) is 9.23 Å². The molecular formula is C14H16F4OS. The second-order valence-electron chi connectivity index (χ2n) is 5.29. The highest BCUT2D eigenvalue weighted by molar-refractivity contribution is 7.80. The van der Waals surface area contributed by atoms with Crippen LogP contribution in [0.4, 0.5) is 17.6 Å². The Morgan fingerprint density at radius 2 is 1.85 bits per heavy atom. The predicted molar refractivity (Wildman–Crippen MR) is 71.7 cm³/mol. The Labute approximate surface area is 120 Å². The lowest BCUT2D eigenvalue weighted by Crippen LogP contribution is -2.27. The van der Waals surface area contributed by atoms with E-state index in [0.717, 1.165) is 37.8 Å². The Hall–Kier alpha value is -0.910. The van der Waals surface area contributed by atoms with E-state index in [0.29, 0.717) is 12.4 Å². The summed E-state index contributed by atoms with van der Waals surface area (Å²) in [7, 11) is 0. The molecule has 1 aromatic carbocycles. The third kappa shape index (κ3) is 3.40. The summed E-state index contributed by atoms with van der Waals surface area (Å²) in [5.41, 5.74) is -1.36. The highest BCUT2D eigenvalue weighted by Crippen LogP contribution is 2.40. The monoisotopic (exact) mass is 308 g/mol. The molecular weight excluding hydrogens is 292 g/mol. The van der Waals surface area contributed by atoms with E-state index in [4.69, 9.17) is 4.74 Å². The maximum absolute atomic E-state index is 13.2. The largest absolute Gasteiger partial charge is 0.493 e. The number of rotatable bonds is 4. The summed E-state index contributed by atoms with van der Waals surface area (Å²) in [6.07, 6.45) is -0.617. The molecule has 2 rings (SSSR count). The van der Waals surface area contributed by atoms with Gasteiger partial charge in [0.25, 0.3) is 0 Å². The summed E-state index contributed by atoms with van der Waals surface area (Å²) in [6, 6.07) is 2.74. The molecule has 0 unspecified atom stereocenters. The highest BCUT2D eigenvalue weighted by atomic mass is 32.1. The zero-order valence-electron chi connectivity index (χ0n) is 10.8. The Morgan fingerprint density at radius 3 is 2.40 bits per heavy atom. The Bertz CT molecular complexity index is 467. The van der Waals surface area contributed by atoms with E-state index in [-0.39, 0.29) is 11.2 Å². The molecule has 1 saturated carbocycles. The number of benzene rings is 1. The normalized spacial score (nSPS) is 18.2. The van der Waals surface area contributed by atoms with Gasteiger partial charge in [-0.2, -0.15) is 25.8 Å². The predicted octanol–water partition coefficient (Wildman–Crippen LogP) is 4.71. The van der Waals surface area contributed by atoms with Crippen LogP contribution in [-0.2, 0) is 6.18 Å². The maximum atomic E-state index is 13.2. The third-order valence-electron chi connectivity index (χ3n) is 3.79. The van der Waals surface area contributed by atoms with Gasteiger partial charge in [-0.3, -0.25) is 0 Å². The second kappa shape index (κ2) is 5.84. The lowest BCUT2D eigenvalue weighted by atomic mass is 9.90. The van der Waals surface area contributed by atoms with Gasteiger partial charge in [-0.25, -0.2) is 4.39 Å². The lowest BCUT2D eigenvalue weighted by molar-refractivity contribution is -0.140. The van der Waals surface area contributed by atoms with Crippen LogP contribution in [0.2, 0.25) is 0 Å². The number of halogens is 4. The molecule has 0 aromatic heterocycles. The summed E-state index contributed by atoms with van der Waals surface area (Å²) < 4.78 is 56.4. The van der Waals surface area contributed by atoms with E-state index < -0.39 is 17.6 Å². The summed E-state index contributed by atoms with van der Waals surface area (Å²) in [5.74, 6) is -0.596. The minimum atomic E-state index is -4.71. The van der Waals surface area contributed by atoms with Crippen molar-refractivity contribution in [2.45, 2.75) is 31.9 Å². The fraction of sp³-hybridized carbons (Fsp3) is 0.571. The van der Waals surface area contributed by atoms with Gasteiger partial charge in [-0.05, 0) is 36.8 Å². The van der Waals surface area contributed by atoms with E-state index in [1.165, 1.54) is 6.07 Å². The first-order valence-electron chi connectivity index (χ1n) is 6.47. The molecule has 1 aromatic rings. The van der Waals surface area contributed by atoms with Crippen molar-refractivity contribution in [2.24, 2.45) is 5.41 Å². The molecule has 20 heavy (non-hydrogen) atoms. The van der Waals surface area contributed by atoms with Gasteiger partial charge in [-0.15, -0.1) is 0 Å². The van der Waals surface area contributed by atoms with Crippen molar-refractivity contribution in [2.75, 3.05) is 12.4 Å². The van der Waals surface area contributed by atoms with Gasteiger partial charge in [0.2, 0.25) is 0 Å². The van der Waals surface area contributed by atoms with Gasteiger partial charge in [0, 0.05) is 5.41 Å². The van der Waals surface area contributed by atoms with Crippen molar-refractivity contribution in [3.8, 4) is 5.75 Å². The van der Waals surface area contributed by atoms with Crippen LogP contribution in [0.25, 0.3) is 0 Å². The third-order valence-corrected chi connectivity index (χ3v) is 4.46. The standard InChI is InChI=1S/C14H16F4OS/c15-12-4-3-10(7-11(12)14(16,17)18)19-8-13(9-20)5-1-2-6-13/h3-4,7,20H,1-2,5-6,8-9H2. The fourth-order valence-corrected chi connectivity index (χ4v) is 2.93. The van der Waals surface area contributed by atoms with Crippen LogP contribution >= 0.6 is 12.6 Å². The van der Waals surface area contributed by atoms with E-state index in [1.807, 2.05) is 0 Å². The molecule has 6 heteroatoms. The van der Waals surface area contributed by atoms with Gasteiger partial charge in [0.15, 0.2) is 0 Å². The Morgan fingerprint density at radius 1 is 1.20 bits per heavy atom. The van der Waals surface area contributed by atoms with Crippen LogP contribution in [0, 0.1) is 11.2 Å². The number of hydrogen-bond acceptors (Lipinski definition) is 2. The molecule has 0 atom stereocenters. The number of hydrogen-bond donors (Lipinski definition) is 1. The molecule has 0 amide bonds. The van der Waals surface area contributed by atoms with E-state index in [1.54, 1.807) is 0 Å². The Balaban J connectivity index is 2.10. The first-order valence-corrected chi connectivity index (χ1v) is 7.10. The van der Waals surface area contributed by atoms with E-state index in [2.05, 4.69) is 12.6 Å². The average molecular weight is 308 g/mol. The van der Waals surface area contributed by atoms with Crippen LogP contribution in [0.1, 0.15) is 31.2 Å². The van der Waals surface area contributed by atoms with Crippen LogP contribution in [-0.4, -0.2) is 12.4 Å². The summed E-state index contributed by atoms with van der Waals surface area (Å²) in [5, 5.41) is 0. The second-order valence-corrected chi connectivity index (χ2v) is 5.61. The van der Waals surface area contributed by atoms with Gasteiger partial charge in [0.1, 0.15) is 11.6 Å². The SMILES string of the molecule is Fc1ccc(OCC2(CS)CCCC2)cc1C(F)(F)F. The van der Waals surface area contributed by atoms with Gasteiger partial charge in [0.05, 0.1) is 12.2 Å². The highest BCUT2D eigenvalue weighted by Gasteiger charge is 2.36. The van der Waals surface area contributed by atoms with Crippen LogP contribution in [0.3, 0.4) is 0 Å². The number of ether oxygens (including phenoxy) is 1. The van der Waals surface area contributed by atoms with Crippen molar-refractivity contribution < 1.29 is 22.3 Å². The zero-order chi connectivity index (χ0) is 14.8. The van der Waals surface area contributed by atoms with Crippen molar-refractivity contribution >= 4 is 12.6 Å². The molecule has 1 fully saturated rings. The van der Waals surface area contributed by atoms with Crippen LogP contribution in [0.15, 0.2) is 18.2 Å². The summed E-state index contributed by atoms with van der Waals surface area (Å²) in [6.45, 7) is 0.319. The Kier molecular flexibility index (Phi) is 4.52. The zero-order valence-corrected chi connectivity index (χ0v) is 11.7. The first kappa shape index (κ1) is 15.5. The van der Waals surface area contributed by atoms with Gasteiger partial charge >= 0.3 is 6.18 Å². The number of alkyl halides is 3. The molecule has 1 nitrogen and oxygen atoms in total. The smallest absolute Gasteiger partial charge is 0.419 e. The molecule has 1 aliphatic rings. The maximum Gasteiger partial charge on any atom is 0.419 e. The molecule has 112 valence electrons. The fourth-order valence-electron chi connectivity index (χ4n) is 2.52. The minimum absolute atomic E-state index is 0.0479. The minimum Gasteiger partial charge on any atom is -0.493 e. The molecule has 0 heterocycles. The van der Waals surface area contributed by atoms with Gasteiger partial charge < -0.3 is 4.74 Å². The summed E-state index contributed by atoms with van der Waals surface area (Å²) in [4.78, 5) is 0. The van der Waals surface area contributed by atoms with Crippen molar-refractivity contribution in [3.63, 3.8) is 0 Å². The average Bonchev–Trinajstić information content (AvgIpc) is 2.86. The van der Waals surface area contributed by atoms with Crippen molar-refractivity contribution in [3.05, 3.63) is 29.6 Å². The van der Waals surface area contributed by atoms with Crippen molar-refractivity contribution in [1.82, 2.24) is 0 Å². The van der Waals surface area contributed by atoms with E-state index >= 15 is 0 Å². The van der Waals surface area contributed by atoms with Crippen molar-refractivity contribution in [1.29, 1.82) is 0 Å². The lowest BCUT2D eigenvalue weighted by Gasteiger charge is -2.26. The van der Waals surface area contributed by atoms with Gasteiger partial charge in [-0.1, -0.05) is 12.8 Å². The molecule has 0 bridgehead atoms.